The first-order chi connectivity index (χ1) is 11.5. The molecular weight excluding hydrogens is 304 g/mol. The van der Waals surface area contributed by atoms with Crippen LogP contribution in [0, 0.1) is 0 Å². The predicted octanol–water partition coefficient (Wildman–Crippen LogP) is 4.51. The Morgan fingerprint density at radius 3 is 2.17 bits per heavy atom. The summed E-state index contributed by atoms with van der Waals surface area (Å²) in [6, 6.07) is 13.0. The van der Waals surface area contributed by atoms with Gasteiger partial charge in [0.15, 0.2) is 0 Å². The van der Waals surface area contributed by atoms with E-state index in [0.717, 1.165) is 29.7 Å². The number of benzene rings is 2. The highest BCUT2D eigenvalue weighted by molar-refractivity contribution is 5.90. The van der Waals surface area contributed by atoms with Crippen LogP contribution < -0.4 is 9.47 Å². The van der Waals surface area contributed by atoms with E-state index in [1.807, 2.05) is 30.3 Å². The van der Waals surface area contributed by atoms with Crippen molar-refractivity contribution >= 4 is 5.97 Å². The Morgan fingerprint density at radius 1 is 1.00 bits per heavy atom. The third-order valence-corrected chi connectivity index (χ3v) is 4.80. The molecule has 0 aliphatic heterocycles. The van der Waals surface area contributed by atoms with Crippen LogP contribution in [0.2, 0.25) is 0 Å². The lowest BCUT2D eigenvalue weighted by atomic mass is 9.69. The number of hydrogen-bond donors (Lipinski definition) is 1. The van der Waals surface area contributed by atoms with Gasteiger partial charge in [0.1, 0.15) is 11.5 Å². The smallest absolute Gasteiger partial charge is 0.336 e. The second-order valence-corrected chi connectivity index (χ2v) is 5.74. The van der Waals surface area contributed by atoms with Crippen molar-refractivity contribution in [2.24, 2.45) is 0 Å². The topological polar surface area (TPSA) is 55.8 Å². The van der Waals surface area contributed by atoms with Crippen molar-refractivity contribution in [3.63, 3.8) is 0 Å². The van der Waals surface area contributed by atoms with Crippen molar-refractivity contribution in [3.05, 3.63) is 59.2 Å². The predicted molar refractivity (Wildman–Crippen MR) is 94.3 cm³/mol. The number of rotatable bonds is 7. The molecule has 0 unspecified atom stereocenters. The van der Waals surface area contributed by atoms with Crippen molar-refractivity contribution in [1.82, 2.24) is 0 Å². The highest BCUT2D eigenvalue weighted by atomic mass is 16.5. The van der Waals surface area contributed by atoms with Crippen molar-refractivity contribution in [3.8, 4) is 11.5 Å². The maximum absolute atomic E-state index is 11.8. The standard InChI is InChI=1S/C20H24O4/c1-5-20(6-2,14-8-7-9-15(12-14)23-3)18-13-16(24-4)10-11-17(18)19(21)22/h7-13H,5-6H2,1-4H3,(H,21,22). The van der Waals surface area contributed by atoms with Gasteiger partial charge < -0.3 is 14.6 Å². The molecule has 0 saturated heterocycles. The first-order valence-electron chi connectivity index (χ1n) is 8.08. The van der Waals surface area contributed by atoms with Crippen LogP contribution >= 0.6 is 0 Å². The van der Waals surface area contributed by atoms with E-state index in [1.165, 1.54) is 0 Å². The minimum Gasteiger partial charge on any atom is -0.497 e. The molecular formula is C20H24O4. The van der Waals surface area contributed by atoms with Crippen LogP contribution in [0.25, 0.3) is 0 Å². The van der Waals surface area contributed by atoms with Gasteiger partial charge >= 0.3 is 5.97 Å². The lowest BCUT2D eigenvalue weighted by Crippen LogP contribution is -2.28. The van der Waals surface area contributed by atoms with Gasteiger partial charge in [0, 0.05) is 5.41 Å². The monoisotopic (exact) mass is 328 g/mol. The minimum absolute atomic E-state index is 0.308. The summed E-state index contributed by atoms with van der Waals surface area (Å²) in [5, 5.41) is 9.67. The summed E-state index contributed by atoms with van der Waals surface area (Å²) >= 11 is 0. The van der Waals surface area contributed by atoms with Crippen molar-refractivity contribution in [2.75, 3.05) is 14.2 Å². The van der Waals surface area contributed by atoms with E-state index >= 15 is 0 Å². The summed E-state index contributed by atoms with van der Waals surface area (Å²) < 4.78 is 10.7. The van der Waals surface area contributed by atoms with Crippen LogP contribution in [0.3, 0.4) is 0 Å². The van der Waals surface area contributed by atoms with E-state index in [2.05, 4.69) is 13.8 Å². The molecule has 2 aromatic rings. The molecule has 2 rings (SSSR count). The number of carboxylic acids is 1. The third kappa shape index (κ3) is 3.09. The molecule has 0 aliphatic rings. The fourth-order valence-corrected chi connectivity index (χ4v) is 3.35. The Labute approximate surface area is 143 Å². The van der Waals surface area contributed by atoms with Crippen LogP contribution in [-0.4, -0.2) is 25.3 Å². The molecule has 4 heteroatoms. The second-order valence-electron chi connectivity index (χ2n) is 5.74. The summed E-state index contributed by atoms with van der Waals surface area (Å²) in [5.74, 6) is 0.490. The van der Waals surface area contributed by atoms with Gasteiger partial charge in [-0.15, -0.1) is 0 Å². The first kappa shape index (κ1) is 17.9. The number of carbonyl (C=O) groups is 1. The molecule has 0 amide bonds. The summed E-state index contributed by atoms with van der Waals surface area (Å²) in [4.78, 5) is 11.8. The van der Waals surface area contributed by atoms with Gasteiger partial charge in [0.2, 0.25) is 0 Å². The van der Waals surface area contributed by atoms with Crippen LogP contribution in [-0.2, 0) is 5.41 Å². The Morgan fingerprint density at radius 2 is 1.62 bits per heavy atom. The first-order valence-corrected chi connectivity index (χ1v) is 8.08. The molecule has 0 spiro atoms. The van der Waals surface area contributed by atoms with Crippen molar-refractivity contribution in [1.29, 1.82) is 0 Å². The van der Waals surface area contributed by atoms with Crippen molar-refractivity contribution < 1.29 is 19.4 Å². The Bertz CT molecular complexity index is 717. The van der Waals surface area contributed by atoms with Crippen LogP contribution in [0.15, 0.2) is 42.5 Å². The Hall–Kier alpha value is -2.49. The van der Waals surface area contributed by atoms with Gasteiger partial charge in [-0.05, 0) is 54.3 Å². The second kappa shape index (κ2) is 7.39. The largest absolute Gasteiger partial charge is 0.497 e. The normalized spacial score (nSPS) is 11.2. The van der Waals surface area contributed by atoms with Gasteiger partial charge in [-0.25, -0.2) is 4.79 Å². The summed E-state index contributed by atoms with van der Waals surface area (Å²) in [6.07, 6.45) is 1.54. The van der Waals surface area contributed by atoms with Crippen LogP contribution in [0.4, 0.5) is 0 Å². The molecule has 4 nitrogen and oxygen atoms in total. The zero-order chi connectivity index (χ0) is 17.7. The summed E-state index contributed by atoms with van der Waals surface area (Å²) in [6.45, 7) is 4.15. The fraction of sp³-hybridized carbons (Fsp3) is 0.350. The average molecular weight is 328 g/mol. The molecule has 0 aromatic heterocycles. The van der Waals surface area contributed by atoms with E-state index < -0.39 is 11.4 Å². The molecule has 0 saturated carbocycles. The average Bonchev–Trinajstić information content (AvgIpc) is 2.63. The minimum atomic E-state index is -0.929. The lowest BCUT2D eigenvalue weighted by Gasteiger charge is -2.34. The zero-order valence-corrected chi connectivity index (χ0v) is 14.6. The Kier molecular flexibility index (Phi) is 5.50. The highest BCUT2D eigenvalue weighted by Gasteiger charge is 2.35. The van der Waals surface area contributed by atoms with E-state index in [0.29, 0.717) is 11.3 Å². The Balaban J connectivity index is 2.76. The molecule has 0 atom stereocenters. The van der Waals surface area contributed by atoms with Gasteiger partial charge in [0.25, 0.3) is 0 Å². The molecule has 0 heterocycles. The summed E-state index contributed by atoms with van der Waals surface area (Å²) in [7, 11) is 3.22. The quantitative estimate of drug-likeness (QED) is 0.812. The molecule has 0 fully saturated rings. The number of hydrogen-bond acceptors (Lipinski definition) is 3. The van der Waals surface area contributed by atoms with Crippen LogP contribution in [0.1, 0.15) is 48.2 Å². The van der Waals surface area contributed by atoms with E-state index in [9.17, 15) is 9.90 Å². The highest BCUT2D eigenvalue weighted by Crippen LogP contribution is 2.42. The maximum Gasteiger partial charge on any atom is 0.336 e. The molecule has 0 radical (unpaired) electrons. The molecule has 1 N–H and O–H groups in total. The van der Waals surface area contributed by atoms with Crippen LogP contribution in [0.5, 0.6) is 11.5 Å². The van der Waals surface area contributed by atoms with E-state index in [4.69, 9.17) is 9.47 Å². The van der Waals surface area contributed by atoms with Gasteiger partial charge in [-0.1, -0.05) is 26.0 Å². The number of ether oxygens (including phenoxy) is 2. The number of carboxylic acid groups (broad SMARTS) is 1. The van der Waals surface area contributed by atoms with E-state index in [-0.39, 0.29) is 0 Å². The van der Waals surface area contributed by atoms with E-state index in [1.54, 1.807) is 26.4 Å². The molecule has 0 bridgehead atoms. The number of methoxy groups -OCH3 is 2. The molecule has 2 aromatic carbocycles. The van der Waals surface area contributed by atoms with Gasteiger partial charge in [0.05, 0.1) is 19.8 Å². The zero-order valence-electron chi connectivity index (χ0n) is 14.6. The molecule has 24 heavy (non-hydrogen) atoms. The van der Waals surface area contributed by atoms with Gasteiger partial charge in [-0.2, -0.15) is 0 Å². The third-order valence-electron chi connectivity index (χ3n) is 4.80. The van der Waals surface area contributed by atoms with Crippen molar-refractivity contribution in [2.45, 2.75) is 32.1 Å². The lowest BCUT2D eigenvalue weighted by molar-refractivity contribution is 0.0694. The maximum atomic E-state index is 11.8. The fourth-order valence-electron chi connectivity index (χ4n) is 3.35. The SMILES string of the molecule is CCC(CC)(c1cccc(OC)c1)c1cc(OC)ccc1C(=O)O. The summed E-state index contributed by atoms with van der Waals surface area (Å²) in [5.41, 5.74) is 1.70. The van der Waals surface area contributed by atoms with Gasteiger partial charge in [-0.3, -0.25) is 0 Å². The number of aromatic carboxylic acids is 1. The molecule has 128 valence electrons. The molecule has 0 aliphatic carbocycles.